The average molecular weight is 716 g/mol. The maximum Gasteiger partial charge on any atom is 0.326 e. The van der Waals surface area contributed by atoms with Crippen LogP contribution in [0.3, 0.4) is 0 Å². The number of likely N-dealkylation sites (tertiary alicyclic amines) is 1. The molecule has 16 nitrogen and oxygen atoms in total. The number of carbonyl (C=O) groups is 6. The van der Waals surface area contributed by atoms with E-state index < -0.39 is 71.8 Å². The van der Waals surface area contributed by atoms with Gasteiger partial charge >= 0.3 is 5.97 Å². The number of rotatable bonds is 9. The van der Waals surface area contributed by atoms with Crippen molar-refractivity contribution in [2.45, 2.75) is 81.7 Å². The molecule has 2 aromatic carbocycles. The van der Waals surface area contributed by atoms with Gasteiger partial charge in [-0.3, -0.25) is 24.0 Å². The highest BCUT2D eigenvalue weighted by atomic mass is 16.4. The number of carboxylic acids is 1. The molecule has 1 fully saturated rings. The molecule has 4 bridgehead atoms. The van der Waals surface area contributed by atoms with E-state index in [2.05, 4.69) is 36.9 Å². The highest BCUT2D eigenvalue weighted by Gasteiger charge is 2.44. The SMILES string of the molecule is CNC(C)C(=O)NC(Cc1ccccc1)C(=O)N1CC2CC1C(=O)NC(Cc1ccccc1)C(=O)NC(C(=O)O)CCC(=O)NCCc1cn2nn1. The Labute approximate surface area is 301 Å². The zero-order valence-corrected chi connectivity index (χ0v) is 29.2. The molecule has 1 aromatic heterocycles. The predicted molar refractivity (Wildman–Crippen MR) is 187 cm³/mol. The third kappa shape index (κ3) is 9.78. The van der Waals surface area contributed by atoms with Crippen LogP contribution in [0.1, 0.15) is 49.0 Å². The number of benzene rings is 2. The van der Waals surface area contributed by atoms with Gasteiger partial charge in [-0.2, -0.15) is 0 Å². The number of carbonyl (C=O) groups excluding carboxylic acids is 5. The molecule has 0 aliphatic carbocycles. The molecule has 276 valence electrons. The fourth-order valence-corrected chi connectivity index (χ4v) is 6.33. The van der Waals surface area contributed by atoms with Crippen molar-refractivity contribution in [3.05, 3.63) is 83.7 Å². The number of hydrogen-bond donors (Lipinski definition) is 6. The molecule has 3 heterocycles. The van der Waals surface area contributed by atoms with Gasteiger partial charge in [-0.05, 0) is 31.5 Å². The second-order valence-electron chi connectivity index (χ2n) is 13.1. The third-order valence-electron chi connectivity index (χ3n) is 9.41. The molecule has 3 aromatic rings. The van der Waals surface area contributed by atoms with Crippen molar-refractivity contribution in [3.8, 4) is 0 Å². The van der Waals surface area contributed by atoms with Gasteiger partial charge in [-0.15, -0.1) is 5.10 Å². The largest absolute Gasteiger partial charge is 0.480 e. The second-order valence-corrected chi connectivity index (χ2v) is 13.1. The van der Waals surface area contributed by atoms with Crippen molar-refractivity contribution in [1.82, 2.24) is 46.5 Å². The molecular weight excluding hydrogens is 670 g/mol. The Bertz CT molecular complexity index is 1740. The van der Waals surface area contributed by atoms with E-state index in [0.29, 0.717) is 17.7 Å². The van der Waals surface area contributed by atoms with Crippen LogP contribution in [0, 0.1) is 0 Å². The summed E-state index contributed by atoms with van der Waals surface area (Å²) in [6, 6.07) is 12.3. The van der Waals surface area contributed by atoms with Crippen LogP contribution >= 0.6 is 0 Å². The van der Waals surface area contributed by atoms with Gasteiger partial charge in [-0.25, -0.2) is 9.48 Å². The molecule has 6 unspecified atom stereocenters. The monoisotopic (exact) mass is 715 g/mol. The van der Waals surface area contributed by atoms with E-state index in [0.717, 1.165) is 5.56 Å². The molecule has 0 radical (unpaired) electrons. The number of aromatic nitrogens is 3. The van der Waals surface area contributed by atoms with Crippen LogP contribution in [0.5, 0.6) is 0 Å². The van der Waals surface area contributed by atoms with Crippen molar-refractivity contribution >= 4 is 35.5 Å². The Kier molecular flexibility index (Phi) is 12.7. The lowest BCUT2D eigenvalue weighted by molar-refractivity contribution is -0.143. The number of nitrogens with one attached hydrogen (secondary N) is 5. The summed E-state index contributed by atoms with van der Waals surface area (Å²) in [4.78, 5) is 81.8. The summed E-state index contributed by atoms with van der Waals surface area (Å²) in [6.07, 6.45) is 2.00. The number of aliphatic carboxylic acids is 1. The van der Waals surface area contributed by atoms with Gasteiger partial charge in [0.2, 0.25) is 29.5 Å². The molecule has 1 saturated heterocycles. The topological polar surface area (TPSA) is 217 Å². The summed E-state index contributed by atoms with van der Waals surface area (Å²) in [5.74, 6) is -4.00. The van der Waals surface area contributed by atoms with Gasteiger partial charge in [0.15, 0.2) is 0 Å². The van der Waals surface area contributed by atoms with E-state index in [-0.39, 0.29) is 45.2 Å². The van der Waals surface area contributed by atoms with Crippen molar-refractivity contribution in [3.63, 3.8) is 0 Å². The first-order valence-electron chi connectivity index (χ1n) is 17.4. The predicted octanol–water partition coefficient (Wildman–Crippen LogP) is -0.495. The lowest BCUT2D eigenvalue weighted by Gasteiger charge is -2.30. The fraction of sp³-hybridized carbons (Fsp3) is 0.444. The molecule has 5 rings (SSSR count). The Hall–Kier alpha value is -5.64. The minimum Gasteiger partial charge on any atom is -0.480 e. The van der Waals surface area contributed by atoms with Crippen molar-refractivity contribution < 1.29 is 33.9 Å². The summed E-state index contributed by atoms with van der Waals surface area (Å²) in [5.41, 5.74) is 2.07. The summed E-state index contributed by atoms with van der Waals surface area (Å²) >= 11 is 0. The number of carboxylic acid groups (broad SMARTS) is 1. The second kappa shape index (κ2) is 17.5. The summed E-state index contributed by atoms with van der Waals surface area (Å²) in [6.45, 7) is 1.94. The quantitative estimate of drug-likeness (QED) is 0.167. The van der Waals surface area contributed by atoms with Gasteiger partial charge in [0.25, 0.3) is 0 Å². The first kappa shape index (κ1) is 37.6. The Morgan fingerprint density at radius 2 is 1.65 bits per heavy atom. The fourth-order valence-electron chi connectivity index (χ4n) is 6.33. The van der Waals surface area contributed by atoms with Crippen molar-refractivity contribution in [2.24, 2.45) is 0 Å². The molecule has 6 N–H and O–H groups in total. The van der Waals surface area contributed by atoms with E-state index in [1.165, 1.54) is 4.90 Å². The molecule has 52 heavy (non-hydrogen) atoms. The van der Waals surface area contributed by atoms with Crippen LogP contribution < -0.4 is 26.6 Å². The van der Waals surface area contributed by atoms with E-state index in [4.69, 9.17) is 0 Å². The summed E-state index contributed by atoms with van der Waals surface area (Å²) in [7, 11) is 1.63. The van der Waals surface area contributed by atoms with Crippen LogP contribution in [0.25, 0.3) is 0 Å². The number of fused-ring (bicyclic) bond motifs is 5. The number of nitrogens with zero attached hydrogens (tertiary/aromatic N) is 4. The van der Waals surface area contributed by atoms with E-state index in [1.807, 2.05) is 30.3 Å². The lowest BCUT2D eigenvalue weighted by atomic mass is 10.0. The first-order chi connectivity index (χ1) is 25.0. The zero-order valence-electron chi connectivity index (χ0n) is 29.2. The molecule has 2 aliphatic rings. The minimum atomic E-state index is -1.40. The van der Waals surface area contributed by atoms with Gasteiger partial charge in [-0.1, -0.05) is 65.9 Å². The molecule has 6 atom stereocenters. The molecule has 0 spiro atoms. The first-order valence-corrected chi connectivity index (χ1v) is 17.4. The maximum atomic E-state index is 14.5. The maximum absolute atomic E-state index is 14.5. The number of hydrogen-bond acceptors (Lipinski definition) is 9. The number of likely N-dealkylation sites (N-methyl/N-ethyl adjacent to an activating group) is 1. The van der Waals surface area contributed by atoms with Gasteiger partial charge in [0, 0.05) is 51.4 Å². The van der Waals surface area contributed by atoms with Crippen molar-refractivity contribution in [1.29, 1.82) is 0 Å². The molecular formula is C36H45N9O7. The highest BCUT2D eigenvalue weighted by Crippen LogP contribution is 2.29. The standard InChI is InChI=1S/C36H45N9O7/c1-22(37-2)32(47)41-29(18-24-11-7-4-8-12-24)35(50)44-21-26-19-30(44)34(49)40-28(17-23-9-5-3-6-10-23)33(48)39-27(36(51)52)13-14-31(46)38-16-15-25-20-45(26)43-42-25/h3-12,20,22,26-30,37H,13-19,21H2,1-2H3,(H,38,46)(H,39,48)(H,40,49)(H,41,47)(H,51,52). The van der Waals surface area contributed by atoms with E-state index in [1.54, 1.807) is 55.2 Å². The summed E-state index contributed by atoms with van der Waals surface area (Å²) in [5, 5.41) is 32.2. The Balaban J connectivity index is 1.50. The summed E-state index contributed by atoms with van der Waals surface area (Å²) < 4.78 is 1.59. The average Bonchev–Trinajstić information content (AvgIpc) is 3.80. The lowest BCUT2D eigenvalue weighted by Crippen LogP contribution is -2.58. The Morgan fingerprint density at radius 3 is 2.33 bits per heavy atom. The zero-order chi connectivity index (χ0) is 37.2. The van der Waals surface area contributed by atoms with Gasteiger partial charge in [0.05, 0.1) is 17.8 Å². The van der Waals surface area contributed by atoms with Crippen LogP contribution in [0.4, 0.5) is 0 Å². The molecule has 16 heteroatoms. The van der Waals surface area contributed by atoms with Gasteiger partial charge < -0.3 is 36.6 Å². The smallest absolute Gasteiger partial charge is 0.326 e. The molecule has 5 amide bonds. The normalized spacial score (nSPS) is 22.5. The van der Waals surface area contributed by atoms with Gasteiger partial charge in [0.1, 0.15) is 24.2 Å². The number of amides is 5. The van der Waals surface area contributed by atoms with Crippen molar-refractivity contribution in [2.75, 3.05) is 20.1 Å². The van der Waals surface area contributed by atoms with Crippen LogP contribution in [0.15, 0.2) is 66.9 Å². The molecule has 0 saturated carbocycles. The molecule has 2 aliphatic heterocycles. The third-order valence-corrected chi connectivity index (χ3v) is 9.41. The van der Waals surface area contributed by atoms with Crippen LogP contribution in [-0.4, -0.2) is 111 Å². The van der Waals surface area contributed by atoms with Crippen LogP contribution in [0.2, 0.25) is 0 Å². The Morgan fingerprint density at radius 1 is 0.962 bits per heavy atom. The van der Waals surface area contributed by atoms with Crippen LogP contribution in [-0.2, 0) is 48.0 Å². The highest BCUT2D eigenvalue weighted by molar-refractivity contribution is 5.96. The van der Waals surface area contributed by atoms with E-state index >= 15 is 0 Å². The van der Waals surface area contributed by atoms with E-state index in [9.17, 15) is 33.9 Å². The minimum absolute atomic E-state index is 0.0242.